The maximum atomic E-state index is 12.4. The largest absolute Gasteiger partial charge is 0.351 e. The number of hydrogen-bond acceptors (Lipinski definition) is 6. The number of amides is 3. The van der Waals surface area contributed by atoms with E-state index in [2.05, 4.69) is 26.1 Å². The molecule has 146 valence electrons. The minimum atomic E-state index is -0.757. The molecule has 1 aliphatic heterocycles. The van der Waals surface area contributed by atoms with E-state index < -0.39 is 11.8 Å². The van der Waals surface area contributed by atoms with E-state index in [1.807, 2.05) is 0 Å². The first-order valence-electron chi connectivity index (χ1n) is 9.31. The van der Waals surface area contributed by atoms with Crippen LogP contribution in [-0.2, 0) is 14.4 Å². The molecule has 3 amide bonds. The predicted octanol–water partition coefficient (Wildman–Crippen LogP) is 1.16. The summed E-state index contributed by atoms with van der Waals surface area (Å²) in [6, 6.07) is 6.54. The van der Waals surface area contributed by atoms with E-state index in [0.717, 1.165) is 12.8 Å². The van der Waals surface area contributed by atoms with Crippen molar-refractivity contribution in [1.82, 2.24) is 20.8 Å². The average Bonchev–Trinajstić information content (AvgIpc) is 3.43. The van der Waals surface area contributed by atoms with Crippen LogP contribution in [0.3, 0.4) is 0 Å². The highest BCUT2D eigenvalue weighted by molar-refractivity contribution is 6.39. The first kappa shape index (κ1) is 18.1. The molecule has 0 radical (unpaired) electrons. The molecule has 1 aliphatic carbocycles. The number of nitrogens with zero attached hydrogens (tertiary/aromatic N) is 2. The van der Waals surface area contributed by atoms with Crippen molar-refractivity contribution in [2.75, 3.05) is 5.32 Å². The van der Waals surface area contributed by atoms with Gasteiger partial charge in [-0.2, -0.15) is 4.98 Å². The molecule has 0 spiro atoms. The van der Waals surface area contributed by atoms with E-state index >= 15 is 0 Å². The SMILES string of the molecule is Cc1nc(-c2cccc(NC(=O)C(=O)NC3CCC(=O)NC3C3CC3)c2)no1. The van der Waals surface area contributed by atoms with Crippen LogP contribution in [0.1, 0.15) is 31.6 Å². The van der Waals surface area contributed by atoms with Crippen molar-refractivity contribution < 1.29 is 18.9 Å². The van der Waals surface area contributed by atoms with Crippen LogP contribution in [0.5, 0.6) is 0 Å². The number of anilines is 1. The van der Waals surface area contributed by atoms with Crippen LogP contribution in [0, 0.1) is 12.8 Å². The third-order valence-electron chi connectivity index (χ3n) is 5.00. The molecule has 1 aromatic carbocycles. The van der Waals surface area contributed by atoms with E-state index in [4.69, 9.17) is 4.52 Å². The van der Waals surface area contributed by atoms with Crippen LogP contribution >= 0.6 is 0 Å². The van der Waals surface area contributed by atoms with Gasteiger partial charge in [0.1, 0.15) is 0 Å². The number of hydrogen-bond donors (Lipinski definition) is 3. The lowest BCUT2D eigenvalue weighted by atomic mass is 9.94. The van der Waals surface area contributed by atoms with Crippen molar-refractivity contribution >= 4 is 23.4 Å². The number of aryl methyl sites for hydroxylation is 1. The number of benzene rings is 1. The van der Waals surface area contributed by atoms with Crippen LogP contribution in [0.4, 0.5) is 5.69 Å². The summed E-state index contributed by atoms with van der Waals surface area (Å²) in [7, 11) is 0. The van der Waals surface area contributed by atoms with Gasteiger partial charge >= 0.3 is 11.8 Å². The maximum absolute atomic E-state index is 12.4. The molecule has 2 fully saturated rings. The van der Waals surface area contributed by atoms with E-state index in [9.17, 15) is 14.4 Å². The van der Waals surface area contributed by atoms with Crippen LogP contribution in [0.2, 0.25) is 0 Å². The third-order valence-corrected chi connectivity index (χ3v) is 5.00. The summed E-state index contributed by atoms with van der Waals surface area (Å²) < 4.78 is 4.96. The Labute approximate surface area is 161 Å². The van der Waals surface area contributed by atoms with Crippen LogP contribution < -0.4 is 16.0 Å². The molecule has 2 atom stereocenters. The van der Waals surface area contributed by atoms with Crippen molar-refractivity contribution in [3.05, 3.63) is 30.2 Å². The summed E-state index contributed by atoms with van der Waals surface area (Å²) in [5, 5.41) is 12.2. The molecule has 1 aromatic heterocycles. The van der Waals surface area contributed by atoms with E-state index in [1.54, 1.807) is 31.2 Å². The summed E-state index contributed by atoms with van der Waals surface area (Å²) in [5.41, 5.74) is 1.12. The Bertz CT molecular complexity index is 921. The Morgan fingerprint density at radius 3 is 2.75 bits per heavy atom. The van der Waals surface area contributed by atoms with Crippen molar-refractivity contribution in [3.63, 3.8) is 0 Å². The van der Waals surface area contributed by atoms with Gasteiger partial charge < -0.3 is 20.5 Å². The van der Waals surface area contributed by atoms with E-state index in [-0.39, 0.29) is 18.0 Å². The Kier molecular flexibility index (Phi) is 4.81. The van der Waals surface area contributed by atoms with Gasteiger partial charge in [-0.15, -0.1) is 0 Å². The smallest absolute Gasteiger partial charge is 0.313 e. The zero-order chi connectivity index (χ0) is 19.7. The lowest BCUT2D eigenvalue weighted by molar-refractivity contribution is -0.137. The Morgan fingerprint density at radius 2 is 2.04 bits per heavy atom. The first-order chi connectivity index (χ1) is 13.5. The molecule has 1 saturated carbocycles. The van der Waals surface area contributed by atoms with Crippen molar-refractivity contribution in [2.45, 2.75) is 44.7 Å². The lowest BCUT2D eigenvalue weighted by Crippen LogP contribution is -2.57. The summed E-state index contributed by atoms with van der Waals surface area (Å²) in [6.45, 7) is 1.69. The second-order valence-corrected chi connectivity index (χ2v) is 7.22. The molecule has 0 bridgehead atoms. The standard InChI is InChI=1S/C19H21N5O4/c1-10-20-17(24-28-10)12-3-2-4-13(9-12)21-18(26)19(27)22-14-7-8-15(25)23-16(14)11-5-6-11/h2-4,9,11,14,16H,5-8H2,1H3,(H,21,26)(H,22,27)(H,23,25). The Hall–Kier alpha value is -3.23. The highest BCUT2D eigenvalue weighted by Crippen LogP contribution is 2.36. The molecule has 3 N–H and O–H groups in total. The Balaban J connectivity index is 1.39. The molecular formula is C19H21N5O4. The molecule has 2 aliphatic rings. The van der Waals surface area contributed by atoms with Gasteiger partial charge in [0, 0.05) is 24.6 Å². The summed E-state index contributed by atoms with van der Waals surface area (Å²) in [6.07, 6.45) is 2.96. The summed E-state index contributed by atoms with van der Waals surface area (Å²) >= 11 is 0. The van der Waals surface area contributed by atoms with Gasteiger partial charge in [0.2, 0.25) is 17.6 Å². The van der Waals surface area contributed by atoms with Crippen LogP contribution in [0.15, 0.2) is 28.8 Å². The number of carbonyl (C=O) groups is 3. The fraction of sp³-hybridized carbons (Fsp3) is 0.421. The van der Waals surface area contributed by atoms with Crippen LogP contribution in [-0.4, -0.2) is 39.9 Å². The quantitative estimate of drug-likeness (QED) is 0.680. The number of piperidine rings is 1. The molecular weight excluding hydrogens is 362 g/mol. The van der Waals surface area contributed by atoms with Crippen molar-refractivity contribution in [3.8, 4) is 11.4 Å². The summed E-state index contributed by atoms with van der Waals surface area (Å²) in [4.78, 5) is 40.5. The third kappa shape index (κ3) is 4.03. The average molecular weight is 383 g/mol. The fourth-order valence-electron chi connectivity index (χ4n) is 3.46. The molecule has 9 heteroatoms. The van der Waals surface area contributed by atoms with Crippen molar-refractivity contribution in [2.24, 2.45) is 5.92 Å². The Morgan fingerprint density at radius 1 is 1.21 bits per heavy atom. The zero-order valence-electron chi connectivity index (χ0n) is 15.4. The van der Waals surface area contributed by atoms with Crippen LogP contribution in [0.25, 0.3) is 11.4 Å². The van der Waals surface area contributed by atoms with Gasteiger partial charge in [-0.05, 0) is 37.3 Å². The topological polar surface area (TPSA) is 126 Å². The highest BCUT2D eigenvalue weighted by atomic mass is 16.5. The van der Waals surface area contributed by atoms with Gasteiger partial charge in [-0.1, -0.05) is 17.3 Å². The molecule has 1 saturated heterocycles. The molecule has 2 unspecified atom stereocenters. The van der Waals surface area contributed by atoms with Gasteiger partial charge in [0.15, 0.2) is 0 Å². The normalized spacial score (nSPS) is 21.7. The van der Waals surface area contributed by atoms with Gasteiger partial charge in [-0.3, -0.25) is 14.4 Å². The molecule has 4 rings (SSSR count). The van der Waals surface area contributed by atoms with E-state index in [0.29, 0.717) is 41.7 Å². The number of nitrogens with one attached hydrogen (secondary N) is 3. The molecule has 2 aromatic rings. The lowest BCUT2D eigenvalue weighted by Gasteiger charge is -2.32. The van der Waals surface area contributed by atoms with Gasteiger partial charge in [0.25, 0.3) is 0 Å². The molecule has 9 nitrogen and oxygen atoms in total. The van der Waals surface area contributed by atoms with E-state index in [1.165, 1.54) is 0 Å². The first-order valence-corrected chi connectivity index (χ1v) is 9.31. The van der Waals surface area contributed by atoms with Gasteiger partial charge in [0.05, 0.1) is 12.1 Å². The monoisotopic (exact) mass is 383 g/mol. The summed E-state index contributed by atoms with van der Waals surface area (Å²) in [5.74, 6) is -0.245. The second kappa shape index (κ2) is 7.41. The second-order valence-electron chi connectivity index (χ2n) is 7.22. The number of aromatic nitrogens is 2. The minimum Gasteiger partial charge on any atom is -0.351 e. The zero-order valence-corrected chi connectivity index (χ0v) is 15.4. The number of rotatable bonds is 4. The molecule has 2 heterocycles. The molecule has 28 heavy (non-hydrogen) atoms. The minimum absolute atomic E-state index is 0.000341. The van der Waals surface area contributed by atoms with Crippen molar-refractivity contribution in [1.29, 1.82) is 0 Å². The number of carbonyl (C=O) groups excluding carboxylic acids is 3. The van der Waals surface area contributed by atoms with Gasteiger partial charge in [-0.25, -0.2) is 0 Å². The maximum Gasteiger partial charge on any atom is 0.313 e. The fourth-order valence-corrected chi connectivity index (χ4v) is 3.46. The predicted molar refractivity (Wildman–Crippen MR) is 98.9 cm³/mol. The highest BCUT2D eigenvalue weighted by Gasteiger charge is 2.41.